The Morgan fingerprint density at radius 3 is 2.71 bits per heavy atom. The smallest absolute Gasteiger partial charge is 0.255 e. The molecule has 21 heavy (non-hydrogen) atoms. The summed E-state index contributed by atoms with van der Waals surface area (Å²) in [4.78, 5) is 20.6. The second kappa shape index (κ2) is 6.21. The number of anilines is 1. The van der Waals surface area contributed by atoms with Gasteiger partial charge in [0.05, 0.1) is 24.1 Å². The van der Waals surface area contributed by atoms with Gasteiger partial charge in [0, 0.05) is 12.1 Å². The van der Waals surface area contributed by atoms with E-state index in [1.165, 1.54) is 0 Å². The highest BCUT2D eigenvalue weighted by Crippen LogP contribution is 2.32. The maximum absolute atomic E-state index is 12.3. The van der Waals surface area contributed by atoms with Gasteiger partial charge in [0.1, 0.15) is 5.75 Å². The lowest BCUT2D eigenvalue weighted by Gasteiger charge is -2.14. The summed E-state index contributed by atoms with van der Waals surface area (Å²) in [6.45, 7) is 4.11. The van der Waals surface area contributed by atoms with Crippen molar-refractivity contribution in [2.45, 2.75) is 13.8 Å². The first-order valence-electron chi connectivity index (χ1n) is 6.64. The van der Waals surface area contributed by atoms with E-state index in [0.717, 1.165) is 0 Å². The van der Waals surface area contributed by atoms with Crippen molar-refractivity contribution in [1.29, 1.82) is 0 Å². The Morgan fingerprint density at radius 2 is 2.05 bits per heavy atom. The van der Waals surface area contributed by atoms with Crippen LogP contribution >= 0.6 is 0 Å². The molecule has 0 aliphatic rings. The van der Waals surface area contributed by atoms with Gasteiger partial charge in [0.2, 0.25) is 5.95 Å². The average Bonchev–Trinajstić information content (AvgIpc) is 2.46. The van der Waals surface area contributed by atoms with Gasteiger partial charge < -0.3 is 15.8 Å². The second-order valence-corrected chi connectivity index (χ2v) is 4.45. The number of nitrogens with one attached hydrogen (secondary N) is 1. The first-order chi connectivity index (χ1) is 10.1. The zero-order chi connectivity index (χ0) is 15.4. The highest BCUT2D eigenvalue weighted by atomic mass is 16.5. The second-order valence-electron chi connectivity index (χ2n) is 4.45. The molecule has 0 saturated heterocycles. The largest absolute Gasteiger partial charge is 0.496 e. The van der Waals surface area contributed by atoms with E-state index in [2.05, 4.69) is 15.3 Å². The van der Waals surface area contributed by atoms with Crippen molar-refractivity contribution in [3.63, 3.8) is 0 Å². The quantitative estimate of drug-likeness (QED) is 0.894. The number of aromatic nitrogens is 2. The molecule has 0 spiro atoms. The molecular weight excluding hydrogens is 268 g/mol. The van der Waals surface area contributed by atoms with Crippen LogP contribution in [0.25, 0.3) is 11.3 Å². The molecular formula is C15H18N4O2. The molecule has 1 aromatic carbocycles. The van der Waals surface area contributed by atoms with Crippen molar-refractivity contribution in [2.75, 3.05) is 19.4 Å². The molecule has 1 heterocycles. The molecule has 6 heteroatoms. The Bertz CT molecular complexity index is 671. The number of hydrogen-bond acceptors (Lipinski definition) is 5. The van der Waals surface area contributed by atoms with Crippen molar-refractivity contribution in [3.05, 3.63) is 35.5 Å². The van der Waals surface area contributed by atoms with E-state index in [1.807, 2.05) is 31.2 Å². The predicted octanol–water partition coefficient (Wildman–Crippen LogP) is 1.79. The van der Waals surface area contributed by atoms with Gasteiger partial charge in [-0.3, -0.25) is 4.79 Å². The van der Waals surface area contributed by atoms with Crippen molar-refractivity contribution in [3.8, 4) is 17.0 Å². The van der Waals surface area contributed by atoms with E-state index in [0.29, 0.717) is 34.8 Å². The first kappa shape index (κ1) is 14.8. The Balaban J connectivity index is 2.69. The van der Waals surface area contributed by atoms with Crippen LogP contribution in [0.1, 0.15) is 23.0 Å². The lowest BCUT2D eigenvalue weighted by atomic mass is 10.0. The van der Waals surface area contributed by atoms with E-state index < -0.39 is 0 Å². The zero-order valence-corrected chi connectivity index (χ0v) is 12.3. The van der Waals surface area contributed by atoms with Crippen LogP contribution in [0.15, 0.2) is 24.3 Å². The Labute approximate surface area is 123 Å². The third-order valence-corrected chi connectivity index (χ3v) is 3.03. The molecule has 0 radical (unpaired) electrons. The van der Waals surface area contributed by atoms with Gasteiger partial charge in [0.25, 0.3) is 5.91 Å². The molecule has 0 fully saturated rings. The van der Waals surface area contributed by atoms with Crippen molar-refractivity contribution >= 4 is 11.9 Å². The number of benzene rings is 1. The van der Waals surface area contributed by atoms with E-state index >= 15 is 0 Å². The van der Waals surface area contributed by atoms with Crippen molar-refractivity contribution in [2.24, 2.45) is 0 Å². The molecule has 6 nitrogen and oxygen atoms in total. The SMILES string of the molecule is CCNC(=O)c1c(C)nc(N)nc1-c1ccccc1OC. The lowest BCUT2D eigenvalue weighted by molar-refractivity contribution is 0.0955. The van der Waals surface area contributed by atoms with Crippen LogP contribution in [0.2, 0.25) is 0 Å². The minimum Gasteiger partial charge on any atom is -0.496 e. The predicted molar refractivity (Wildman–Crippen MR) is 81.2 cm³/mol. The van der Waals surface area contributed by atoms with Crippen LogP contribution in [0.4, 0.5) is 5.95 Å². The summed E-state index contributed by atoms with van der Waals surface area (Å²) in [5, 5.41) is 2.77. The number of hydrogen-bond donors (Lipinski definition) is 2. The maximum atomic E-state index is 12.3. The van der Waals surface area contributed by atoms with Crippen LogP contribution in [-0.4, -0.2) is 29.5 Å². The van der Waals surface area contributed by atoms with E-state index in [-0.39, 0.29) is 11.9 Å². The number of nitrogens with zero attached hydrogens (tertiary/aromatic N) is 2. The van der Waals surface area contributed by atoms with Gasteiger partial charge in [-0.2, -0.15) is 0 Å². The molecule has 0 aliphatic carbocycles. The Kier molecular flexibility index (Phi) is 4.37. The fourth-order valence-electron chi connectivity index (χ4n) is 2.15. The Hall–Kier alpha value is -2.63. The molecule has 1 aromatic heterocycles. The third-order valence-electron chi connectivity index (χ3n) is 3.03. The first-order valence-corrected chi connectivity index (χ1v) is 6.64. The summed E-state index contributed by atoms with van der Waals surface area (Å²) in [6, 6.07) is 7.35. The highest BCUT2D eigenvalue weighted by molar-refractivity contribution is 6.01. The van der Waals surface area contributed by atoms with Crippen LogP contribution in [0.5, 0.6) is 5.75 Å². The maximum Gasteiger partial charge on any atom is 0.255 e. The number of carbonyl (C=O) groups excluding carboxylic acids is 1. The van der Waals surface area contributed by atoms with Crippen LogP contribution in [0, 0.1) is 6.92 Å². The summed E-state index contributed by atoms with van der Waals surface area (Å²) in [7, 11) is 1.57. The van der Waals surface area contributed by atoms with Gasteiger partial charge >= 0.3 is 0 Å². The molecule has 0 aliphatic heterocycles. The number of aryl methyl sites for hydroxylation is 1. The van der Waals surface area contributed by atoms with Gasteiger partial charge in [0.15, 0.2) is 0 Å². The highest BCUT2D eigenvalue weighted by Gasteiger charge is 2.21. The van der Waals surface area contributed by atoms with E-state index in [4.69, 9.17) is 10.5 Å². The fourth-order valence-corrected chi connectivity index (χ4v) is 2.15. The molecule has 2 aromatic rings. The summed E-state index contributed by atoms with van der Waals surface area (Å²) in [5.41, 5.74) is 7.87. The number of para-hydroxylation sites is 1. The summed E-state index contributed by atoms with van der Waals surface area (Å²) < 4.78 is 5.34. The summed E-state index contributed by atoms with van der Waals surface area (Å²) >= 11 is 0. The van der Waals surface area contributed by atoms with Gasteiger partial charge in [-0.25, -0.2) is 9.97 Å². The van der Waals surface area contributed by atoms with Crippen LogP contribution in [0.3, 0.4) is 0 Å². The van der Waals surface area contributed by atoms with Crippen LogP contribution in [-0.2, 0) is 0 Å². The number of methoxy groups -OCH3 is 1. The number of nitrogens with two attached hydrogens (primary N) is 1. The fraction of sp³-hybridized carbons (Fsp3) is 0.267. The van der Waals surface area contributed by atoms with Gasteiger partial charge in [-0.05, 0) is 26.0 Å². The van der Waals surface area contributed by atoms with Crippen molar-refractivity contribution in [1.82, 2.24) is 15.3 Å². The Morgan fingerprint density at radius 1 is 1.33 bits per heavy atom. The normalized spacial score (nSPS) is 10.2. The molecule has 0 saturated carbocycles. The number of nitrogen functional groups attached to an aromatic ring is 1. The molecule has 0 atom stereocenters. The molecule has 0 bridgehead atoms. The van der Waals surface area contributed by atoms with E-state index in [9.17, 15) is 4.79 Å². The van der Waals surface area contributed by atoms with Crippen LogP contribution < -0.4 is 15.8 Å². The average molecular weight is 286 g/mol. The van der Waals surface area contributed by atoms with Gasteiger partial charge in [-0.1, -0.05) is 12.1 Å². The molecule has 1 amide bonds. The molecule has 0 unspecified atom stereocenters. The third kappa shape index (κ3) is 2.94. The number of carbonyl (C=O) groups is 1. The molecule has 3 N–H and O–H groups in total. The van der Waals surface area contributed by atoms with E-state index in [1.54, 1.807) is 14.0 Å². The number of ether oxygens (including phenoxy) is 1. The summed E-state index contributed by atoms with van der Waals surface area (Å²) in [6.07, 6.45) is 0. The van der Waals surface area contributed by atoms with Gasteiger partial charge in [-0.15, -0.1) is 0 Å². The monoisotopic (exact) mass is 286 g/mol. The molecule has 2 rings (SSSR count). The zero-order valence-electron chi connectivity index (χ0n) is 12.3. The van der Waals surface area contributed by atoms with Crippen molar-refractivity contribution < 1.29 is 9.53 Å². The number of rotatable bonds is 4. The topological polar surface area (TPSA) is 90.1 Å². The molecule has 110 valence electrons. The minimum atomic E-state index is -0.226. The lowest BCUT2D eigenvalue weighted by Crippen LogP contribution is -2.25. The number of amides is 1. The minimum absolute atomic E-state index is 0.126. The summed E-state index contributed by atoms with van der Waals surface area (Å²) in [5.74, 6) is 0.526. The standard InChI is InChI=1S/C15H18N4O2/c1-4-17-14(20)12-9(2)18-15(16)19-13(12)10-7-5-6-8-11(10)21-3/h5-8H,4H2,1-3H3,(H,17,20)(H2,16,18,19).